The molecule has 1 fully saturated rings. The third-order valence-corrected chi connectivity index (χ3v) is 3.95. The van der Waals surface area contributed by atoms with E-state index in [4.69, 9.17) is 4.74 Å². The molecule has 2 amide bonds. The zero-order valence-electron chi connectivity index (χ0n) is 13.6. The minimum atomic E-state index is -0.157. The molecule has 1 N–H and O–H groups in total. The molecule has 0 saturated carbocycles. The van der Waals surface area contributed by atoms with Gasteiger partial charge in [-0.25, -0.2) is 0 Å². The summed E-state index contributed by atoms with van der Waals surface area (Å²) in [4.78, 5) is 25.7. The van der Waals surface area contributed by atoms with Gasteiger partial charge in [0.15, 0.2) is 0 Å². The molecule has 5 heteroatoms. The molecule has 5 nitrogen and oxygen atoms in total. The van der Waals surface area contributed by atoms with E-state index in [2.05, 4.69) is 5.32 Å². The summed E-state index contributed by atoms with van der Waals surface area (Å²) < 4.78 is 5.81. The van der Waals surface area contributed by atoms with E-state index in [0.29, 0.717) is 30.9 Å². The van der Waals surface area contributed by atoms with Gasteiger partial charge in [0, 0.05) is 24.7 Å². The third-order valence-electron chi connectivity index (χ3n) is 3.95. The van der Waals surface area contributed by atoms with E-state index in [0.717, 1.165) is 5.56 Å². The molecule has 2 aromatic carbocycles. The summed E-state index contributed by atoms with van der Waals surface area (Å²) in [7, 11) is 0. The quantitative estimate of drug-likeness (QED) is 0.944. The number of carbonyl (C=O) groups is 2. The van der Waals surface area contributed by atoms with E-state index in [1.807, 2.05) is 30.3 Å². The molecule has 1 heterocycles. The Hall–Kier alpha value is -2.66. The van der Waals surface area contributed by atoms with Gasteiger partial charge < -0.3 is 15.0 Å². The Bertz CT molecular complexity index is 730. The number of hydrogen-bond acceptors (Lipinski definition) is 3. The van der Waals surface area contributed by atoms with Crippen LogP contribution in [0.2, 0.25) is 0 Å². The minimum Gasteiger partial charge on any atom is -0.370 e. The van der Waals surface area contributed by atoms with Gasteiger partial charge in [-0.15, -0.1) is 0 Å². The fraction of sp³-hybridized carbons (Fsp3) is 0.263. The maximum absolute atomic E-state index is 12.8. The fourth-order valence-electron chi connectivity index (χ4n) is 2.82. The predicted octanol–water partition coefficient (Wildman–Crippen LogP) is 2.86. The second-order valence-corrected chi connectivity index (χ2v) is 5.78. The highest BCUT2D eigenvalue weighted by atomic mass is 16.5. The van der Waals surface area contributed by atoms with Crippen LogP contribution in [0.3, 0.4) is 0 Å². The normalized spacial score (nSPS) is 17.4. The van der Waals surface area contributed by atoms with Crippen molar-refractivity contribution in [2.45, 2.75) is 13.0 Å². The number of ether oxygens (including phenoxy) is 1. The number of anilines is 1. The highest BCUT2D eigenvalue weighted by molar-refractivity contribution is 5.96. The van der Waals surface area contributed by atoms with Crippen LogP contribution in [0.25, 0.3) is 0 Å². The summed E-state index contributed by atoms with van der Waals surface area (Å²) in [6.45, 7) is 3.04. The van der Waals surface area contributed by atoms with Crippen LogP contribution in [-0.2, 0) is 9.53 Å². The number of morpholine rings is 1. The first kappa shape index (κ1) is 16.2. The molecule has 1 aliphatic rings. The van der Waals surface area contributed by atoms with E-state index < -0.39 is 0 Å². The third kappa shape index (κ3) is 3.81. The molecular formula is C19H20N2O3. The van der Waals surface area contributed by atoms with Crippen molar-refractivity contribution in [3.63, 3.8) is 0 Å². The van der Waals surface area contributed by atoms with Crippen LogP contribution in [0, 0.1) is 0 Å². The van der Waals surface area contributed by atoms with E-state index in [9.17, 15) is 9.59 Å². The first-order chi connectivity index (χ1) is 11.6. The molecule has 1 atom stereocenters. The SMILES string of the molecule is CC(=O)Nc1cccc(C(=O)N2CCOC(c3ccccc3)C2)c1. The number of nitrogens with zero attached hydrogens (tertiary/aromatic N) is 1. The van der Waals surface area contributed by atoms with Crippen molar-refractivity contribution in [3.05, 3.63) is 65.7 Å². The second-order valence-electron chi connectivity index (χ2n) is 5.78. The zero-order chi connectivity index (χ0) is 16.9. The average Bonchev–Trinajstić information content (AvgIpc) is 2.62. The molecule has 0 aromatic heterocycles. The van der Waals surface area contributed by atoms with Crippen molar-refractivity contribution in [2.75, 3.05) is 25.0 Å². The summed E-state index contributed by atoms with van der Waals surface area (Å²) in [5.41, 5.74) is 2.26. The van der Waals surface area contributed by atoms with E-state index >= 15 is 0 Å². The summed E-state index contributed by atoms with van der Waals surface area (Å²) in [6, 6.07) is 16.9. The van der Waals surface area contributed by atoms with Crippen LogP contribution in [0.1, 0.15) is 28.9 Å². The monoisotopic (exact) mass is 324 g/mol. The Balaban J connectivity index is 1.74. The molecule has 124 valence electrons. The van der Waals surface area contributed by atoms with Gasteiger partial charge in [0.2, 0.25) is 5.91 Å². The van der Waals surface area contributed by atoms with Crippen molar-refractivity contribution in [1.29, 1.82) is 0 Å². The number of carbonyl (C=O) groups excluding carboxylic acids is 2. The molecule has 1 unspecified atom stereocenters. The van der Waals surface area contributed by atoms with Crippen molar-refractivity contribution in [2.24, 2.45) is 0 Å². The van der Waals surface area contributed by atoms with E-state index in [1.165, 1.54) is 6.92 Å². The largest absolute Gasteiger partial charge is 0.370 e. The molecular weight excluding hydrogens is 304 g/mol. The Morgan fingerprint density at radius 1 is 1.12 bits per heavy atom. The number of rotatable bonds is 3. The number of hydrogen-bond donors (Lipinski definition) is 1. The zero-order valence-corrected chi connectivity index (χ0v) is 13.6. The average molecular weight is 324 g/mol. The van der Waals surface area contributed by atoms with Crippen molar-refractivity contribution in [1.82, 2.24) is 4.90 Å². The van der Waals surface area contributed by atoms with Gasteiger partial charge in [-0.2, -0.15) is 0 Å². The van der Waals surface area contributed by atoms with E-state index in [-0.39, 0.29) is 17.9 Å². The van der Waals surface area contributed by atoms with Gasteiger partial charge >= 0.3 is 0 Å². The standard InChI is InChI=1S/C19H20N2O3/c1-14(22)20-17-9-5-8-16(12-17)19(23)21-10-11-24-18(13-21)15-6-3-2-4-7-15/h2-9,12,18H,10-11,13H2,1H3,(H,20,22). The van der Waals surface area contributed by atoms with Crippen LogP contribution < -0.4 is 5.32 Å². The maximum Gasteiger partial charge on any atom is 0.254 e. The van der Waals surface area contributed by atoms with Gasteiger partial charge in [-0.05, 0) is 23.8 Å². The molecule has 0 aliphatic carbocycles. The Kier molecular flexibility index (Phi) is 4.91. The highest BCUT2D eigenvalue weighted by Crippen LogP contribution is 2.23. The van der Waals surface area contributed by atoms with Crippen LogP contribution >= 0.6 is 0 Å². The second kappa shape index (κ2) is 7.27. The Morgan fingerprint density at radius 2 is 1.92 bits per heavy atom. The number of nitrogens with one attached hydrogen (secondary N) is 1. The predicted molar refractivity (Wildman–Crippen MR) is 91.8 cm³/mol. The summed E-state index contributed by atoms with van der Waals surface area (Å²) in [6.07, 6.45) is -0.109. The summed E-state index contributed by atoms with van der Waals surface area (Å²) >= 11 is 0. The number of benzene rings is 2. The Labute approximate surface area is 141 Å². The smallest absolute Gasteiger partial charge is 0.254 e. The molecule has 1 saturated heterocycles. The molecule has 3 rings (SSSR count). The molecule has 0 radical (unpaired) electrons. The van der Waals surface area contributed by atoms with Gasteiger partial charge in [-0.1, -0.05) is 36.4 Å². The lowest BCUT2D eigenvalue weighted by molar-refractivity contribution is -0.114. The molecule has 1 aliphatic heterocycles. The molecule has 24 heavy (non-hydrogen) atoms. The van der Waals surface area contributed by atoms with Crippen LogP contribution in [-0.4, -0.2) is 36.4 Å². The van der Waals surface area contributed by atoms with Crippen molar-refractivity contribution >= 4 is 17.5 Å². The van der Waals surface area contributed by atoms with Crippen molar-refractivity contribution < 1.29 is 14.3 Å². The van der Waals surface area contributed by atoms with Gasteiger partial charge in [0.1, 0.15) is 6.10 Å². The first-order valence-corrected chi connectivity index (χ1v) is 7.97. The maximum atomic E-state index is 12.8. The van der Waals surface area contributed by atoms with Crippen molar-refractivity contribution in [3.8, 4) is 0 Å². The molecule has 0 spiro atoms. The summed E-state index contributed by atoms with van der Waals surface area (Å²) in [5, 5.41) is 2.70. The molecule has 2 aromatic rings. The highest BCUT2D eigenvalue weighted by Gasteiger charge is 2.26. The van der Waals surface area contributed by atoms with E-state index in [1.54, 1.807) is 29.2 Å². The minimum absolute atomic E-state index is 0.0496. The first-order valence-electron chi connectivity index (χ1n) is 7.97. The summed E-state index contributed by atoms with van der Waals surface area (Å²) in [5.74, 6) is -0.207. The topological polar surface area (TPSA) is 58.6 Å². The van der Waals surface area contributed by atoms with Crippen LogP contribution in [0.5, 0.6) is 0 Å². The fourth-order valence-corrected chi connectivity index (χ4v) is 2.82. The lowest BCUT2D eigenvalue weighted by Crippen LogP contribution is -2.42. The van der Waals surface area contributed by atoms with Gasteiger partial charge in [-0.3, -0.25) is 9.59 Å². The lowest BCUT2D eigenvalue weighted by atomic mass is 10.1. The van der Waals surface area contributed by atoms with Crippen LogP contribution in [0.15, 0.2) is 54.6 Å². The number of amides is 2. The lowest BCUT2D eigenvalue weighted by Gasteiger charge is -2.33. The van der Waals surface area contributed by atoms with Gasteiger partial charge in [0.05, 0.1) is 13.2 Å². The van der Waals surface area contributed by atoms with Gasteiger partial charge in [0.25, 0.3) is 5.91 Å². The Morgan fingerprint density at radius 3 is 2.67 bits per heavy atom. The van der Waals surface area contributed by atoms with Crippen LogP contribution in [0.4, 0.5) is 5.69 Å². The molecule has 0 bridgehead atoms.